The summed E-state index contributed by atoms with van der Waals surface area (Å²) in [5.41, 5.74) is -5.49. The predicted molar refractivity (Wildman–Crippen MR) is 127 cm³/mol. The largest absolute Gasteiger partial charge is 0.430 e. The first-order chi connectivity index (χ1) is 17.0. The van der Waals surface area contributed by atoms with Gasteiger partial charge in [-0.2, -0.15) is 30.6 Å². The summed E-state index contributed by atoms with van der Waals surface area (Å²) >= 11 is 0. The van der Waals surface area contributed by atoms with E-state index in [4.69, 9.17) is 0 Å². The molecule has 1 heterocycles. The molecule has 1 saturated heterocycles. The number of halogens is 6. The summed E-state index contributed by atoms with van der Waals surface area (Å²) in [5, 5.41) is 9.54. The number of sulfonamides is 1. The molecule has 5 nitrogen and oxygen atoms in total. The SMILES string of the molecule is C=C/C=C(\C=C/C)C1(CN2CCN(S(=O)(=O)c3ccc(C(O)(C(F)(F)F)C(F)(F)F)cc3)C(C)C2)CC1. The van der Waals surface area contributed by atoms with E-state index in [-0.39, 0.29) is 12.0 Å². The first-order valence-electron chi connectivity index (χ1n) is 11.7. The van der Waals surface area contributed by atoms with Crippen molar-refractivity contribution in [1.82, 2.24) is 9.21 Å². The first-order valence-corrected chi connectivity index (χ1v) is 13.1. The van der Waals surface area contributed by atoms with Crippen LogP contribution in [0.15, 0.2) is 65.6 Å². The third kappa shape index (κ3) is 5.52. The number of benzene rings is 1. The summed E-state index contributed by atoms with van der Waals surface area (Å²) in [6.45, 7) is 9.08. The van der Waals surface area contributed by atoms with Gasteiger partial charge in [-0.25, -0.2) is 8.42 Å². The lowest BCUT2D eigenvalue weighted by Gasteiger charge is -2.40. The lowest BCUT2D eigenvalue weighted by atomic mass is 9.92. The van der Waals surface area contributed by atoms with Crippen molar-refractivity contribution < 1.29 is 39.9 Å². The number of piperazine rings is 1. The van der Waals surface area contributed by atoms with E-state index >= 15 is 0 Å². The Bertz CT molecular complexity index is 1140. The number of aliphatic hydroxyl groups is 1. The molecule has 0 radical (unpaired) electrons. The highest BCUT2D eigenvalue weighted by Gasteiger charge is 2.71. The van der Waals surface area contributed by atoms with Gasteiger partial charge in [-0.15, -0.1) is 0 Å². The zero-order valence-electron chi connectivity index (χ0n) is 20.5. The van der Waals surface area contributed by atoms with Crippen LogP contribution in [-0.4, -0.2) is 67.3 Å². The minimum Gasteiger partial charge on any atom is -0.369 e. The van der Waals surface area contributed by atoms with Crippen molar-refractivity contribution in [3.8, 4) is 0 Å². The molecule has 1 aromatic carbocycles. The van der Waals surface area contributed by atoms with Crippen molar-refractivity contribution in [2.75, 3.05) is 26.2 Å². The molecule has 0 amide bonds. The molecular formula is C25H30F6N2O3S. The summed E-state index contributed by atoms with van der Waals surface area (Å²) < 4.78 is 106. The van der Waals surface area contributed by atoms with Crippen LogP contribution in [-0.2, 0) is 15.6 Å². The van der Waals surface area contributed by atoms with Gasteiger partial charge in [0.25, 0.3) is 5.60 Å². The van der Waals surface area contributed by atoms with Gasteiger partial charge >= 0.3 is 12.4 Å². The van der Waals surface area contributed by atoms with E-state index in [1.165, 1.54) is 4.31 Å². The average molecular weight is 553 g/mol. The molecule has 206 valence electrons. The number of hydrogen-bond acceptors (Lipinski definition) is 4. The Hall–Kier alpha value is -2.15. The average Bonchev–Trinajstić information content (AvgIpc) is 3.57. The molecule has 0 aromatic heterocycles. The summed E-state index contributed by atoms with van der Waals surface area (Å²) in [6, 6.07) is 1.54. The molecule has 12 heteroatoms. The van der Waals surface area contributed by atoms with Crippen LogP contribution in [0.25, 0.3) is 0 Å². The summed E-state index contributed by atoms with van der Waals surface area (Å²) in [4.78, 5) is 1.71. The maximum absolute atomic E-state index is 13.2. The molecule has 1 atom stereocenters. The number of allylic oxidation sites excluding steroid dienone is 4. The van der Waals surface area contributed by atoms with Crippen LogP contribution in [0, 0.1) is 5.41 Å². The Balaban J connectivity index is 1.77. The van der Waals surface area contributed by atoms with Gasteiger partial charge in [0.05, 0.1) is 4.90 Å². The summed E-state index contributed by atoms with van der Waals surface area (Å²) in [6.07, 6.45) is -2.40. The molecule has 0 bridgehead atoms. The molecule has 1 N–H and O–H groups in total. The van der Waals surface area contributed by atoms with Crippen LogP contribution < -0.4 is 0 Å². The van der Waals surface area contributed by atoms with Gasteiger partial charge in [-0.05, 0) is 44.4 Å². The Kier molecular flexibility index (Phi) is 8.10. The maximum Gasteiger partial charge on any atom is 0.430 e. The van der Waals surface area contributed by atoms with Crippen LogP contribution in [0.5, 0.6) is 0 Å². The van der Waals surface area contributed by atoms with E-state index in [2.05, 4.69) is 11.5 Å². The quantitative estimate of drug-likeness (QED) is 0.358. The first kappa shape index (κ1) is 29.4. The molecule has 0 spiro atoms. The van der Waals surface area contributed by atoms with Crippen molar-refractivity contribution in [2.24, 2.45) is 5.41 Å². The maximum atomic E-state index is 13.2. The zero-order valence-corrected chi connectivity index (χ0v) is 21.3. The van der Waals surface area contributed by atoms with E-state index in [0.717, 1.165) is 25.0 Å². The van der Waals surface area contributed by atoms with Crippen molar-refractivity contribution in [1.29, 1.82) is 0 Å². The Labute approximate surface area is 212 Å². The molecule has 1 saturated carbocycles. The number of hydrogen-bond donors (Lipinski definition) is 1. The molecule has 1 aliphatic heterocycles. The molecule has 2 aliphatic rings. The highest BCUT2D eigenvalue weighted by Crippen LogP contribution is 2.53. The smallest absolute Gasteiger partial charge is 0.369 e. The highest BCUT2D eigenvalue weighted by molar-refractivity contribution is 7.89. The normalized spacial score (nSPS) is 22.4. The van der Waals surface area contributed by atoms with Crippen molar-refractivity contribution >= 4 is 10.0 Å². The molecule has 2 fully saturated rings. The van der Waals surface area contributed by atoms with Gasteiger partial charge < -0.3 is 5.11 Å². The third-order valence-corrected chi connectivity index (χ3v) is 9.01. The molecule has 1 unspecified atom stereocenters. The Morgan fingerprint density at radius 2 is 1.68 bits per heavy atom. The fourth-order valence-electron chi connectivity index (χ4n) is 4.84. The molecule has 3 rings (SSSR count). The second-order valence-corrected chi connectivity index (χ2v) is 11.5. The summed E-state index contributed by atoms with van der Waals surface area (Å²) in [5.74, 6) is 0. The topological polar surface area (TPSA) is 60.9 Å². The number of nitrogens with zero attached hydrogens (tertiary/aromatic N) is 2. The second-order valence-electron chi connectivity index (χ2n) is 9.57. The number of rotatable bonds is 8. The third-order valence-electron chi connectivity index (χ3n) is 6.99. The standard InChI is InChI=1S/C25H30F6N2O3S/c1-4-6-19(7-5-2)22(12-13-22)17-32-14-15-33(18(3)16-32)37(35,36)21-10-8-20(9-11-21)23(34,24(26,27)28)25(29,30)31/h4-11,18,34H,1,12-17H2,2-3H3/b7-5-,19-6+. The summed E-state index contributed by atoms with van der Waals surface area (Å²) in [7, 11) is -4.20. The van der Waals surface area contributed by atoms with E-state index in [1.807, 2.05) is 25.2 Å². The van der Waals surface area contributed by atoms with Gasteiger partial charge in [0, 0.05) is 43.2 Å². The fourth-order valence-corrected chi connectivity index (χ4v) is 6.45. The second kappa shape index (κ2) is 10.2. The highest BCUT2D eigenvalue weighted by atomic mass is 32.2. The van der Waals surface area contributed by atoms with Gasteiger partial charge in [0.15, 0.2) is 0 Å². The van der Waals surface area contributed by atoms with Crippen molar-refractivity contribution in [2.45, 2.75) is 55.6 Å². The van der Waals surface area contributed by atoms with Crippen LogP contribution in [0.4, 0.5) is 26.3 Å². The minimum atomic E-state index is -6.05. The molecular weight excluding hydrogens is 522 g/mol. The van der Waals surface area contributed by atoms with Crippen molar-refractivity contribution in [3.05, 3.63) is 66.3 Å². The molecule has 1 aromatic rings. The molecule has 37 heavy (non-hydrogen) atoms. The molecule has 1 aliphatic carbocycles. The van der Waals surface area contributed by atoms with Crippen LogP contribution in [0.3, 0.4) is 0 Å². The van der Waals surface area contributed by atoms with Gasteiger partial charge in [0.1, 0.15) is 0 Å². The predicted octanol–water partition coefficient (Wildman–Crippen LogP) is 5.16. The van der Waals surface area contributed by atoms with E-state index in [9.17, 15) is 39.9 Å². The zero-order chi connectivity index (χ0) is 27.9. The minimum absolute atomic E-state index is 0.0228. The lowest BCUT2D eigenvalue weighted by Crippen LogP contribution is -2.55. The van der Waals surface area contributed by atoms with Crippen LogP contribution >= 0.6 is 0 Å². The monoisotopic (exact) mass is 552 g/mol. The van der Waals surface area contributed by atoms with Gasteiger partial charge in [-0.1, -0.05) is 43.0 Å². The fraction of sp³-hybridized carbons (Fsp3) is 0.520. The van der Waals surface area contributed by atoms with E-state index in [0.29, 0.717) is 37.4 Å². The van der Waals surface area contributed by atoms with E-state index in [1.54, 1.807) is 13.0 Å². The van der Waals surface area contributed by atoms with Gasteiger partial charge in [0.2, 0.25) is 10.0 Å². The lowest BCUT2D eigenvalue weighted by molar-refractivity contribution is -0.376. The van der Waals surface area contributed by atoms with Crippen LogP contribution in [0.1, 0.15) is 32.3 Å². The Morgan fingerprint density at radius 1 is 1.11 bits per heavy atom. The van der Waals surface area contributed by atoms with Crippen molar-refractivity contribution in [3.63, 3.8) is 0 Å². The number of alkyl halides is 6. The van der Waals surface area contributed by atoms with E-state index < -0.39 is 44.5 Å². The Morgan fingerprint density at radius 3 is 2.11 bits per heavy atom. The van der Waals surface area contributed by atoms with Crippen LogP contribution in [0.2, 0.25) is 0 Å². The van der Waals surface area contributed by atoms with Gasteiger partial charge in [-0.3, -0.25) is 4.90 Å².